The maximum absolute atomic E-state index is 11.9. The molecule has 1 amide bonds. The Morgan fingerprint density at radius 2 is 2.09 bits per heavy atom. The molecule has 0 N–H and O–H groups in total. The van der Waals surface area contributed by atoms with E-state index in [1.807, 2.05) is 0 Å². The fourth-order valence-electron chi connectivity index (χ4n) is 1.95. The number of ether oxygens (including phenoxy) is 1. The SMILES string of the molecule is CCOC1N(C)C(=O)C(C#N)=NN1c1ccc([N+](=O)[O-])cc1. The summed E-state index contributed by atoms with van der Waals surface area (Å²) in [4.78, 5) is 23.4. The Hall–Kier alpha value is -2.99. The Kier molecular flexibility index (Phi) is 4.33. The molecule has 0 aromatic heterocycles. The quantitative estimate of drug-likeness (QED) is 0.607. The summed E-state index contributed by atoms with van der Waals surface area (Å²) in [7, 11) is 1.49. The molecule has 0 saturated carbocycles. The Bertz CT molecular complexity index is 664. The van der Waals surface area contributed by atoms with Crippen molar-refractivity contribution in [3.63, 3.8) is 0 Å². The minimum absolute atomic E-state index is 0.0670. The molecule has 1 unspecified atom stereocenters. The molecule has 0 aliphatic carbocycles. The average molecular weight is 303 g/mol. The van der Waals surface area contributed by atoms with E-state index in [0.717, 1.165) is 0 Å². The van der Waals surface area contributed by atoms with Crippen LogP contribution in [0.3, 0.4) is 0 Å². The Morgan fingerprint density at radius 1 is 1.45 bits per heavy atom. The van der Waals surface area contributed by atoms with Gasteiger partial charge in [-0.3, -0.25) is 19.8 Å². The van der Waals surface area contributed by atoms with Gasteiger partial charge in [0.25, 0.3) is 11.6 Å². The van der Waals surface area contributed by atoms with Crippen LogP contribution in [0.2, 0.25) is 0 Å². The van der Waals surface area contributed by atoms with Gasteiger partial charge in [-0.15, -0.1) is 0 Å². The standard InChI is InChI=1S/C13H13N5O4/c1-3-22-13-16(2)12(19)11(8-14)15-17(13)9-4-6-10(7-5-9)18(20)21/h4-7,13H,3H2,1-2H3. The highest BCUT2D eigenvalue weighted by Gasteiger charge is 2.35. The summed E-state index contributed by atoms with van der Waals surface area (Å²) in [5.41, 5.74) is 0.121. The zero-order valence-electron chi connectivity index (χ0n) is 12.0. The number of carbonyl (C=O) groups is 1. The Morgan fingerprint density at radius 3 is 2.59 bits per heavy atom. The normalized spacial score (nSPS) is 18.0. The minimum Gasteiger partial charge on any atom is -0.339 e. The summed E-state index contributed by atoms with van der Waals surface area (Å²) < 4.78 is 5.48. The molecule has 0 bridgehead atoms. The molecule has 0 radical (unpaired) electrons. The highest BCUT2D eigenvalue weighted by atomic mass is 16.6. The van der Waals surface area contributed by atoms with Gasteiger partial charge in [0.05, 0.1) is 10.6 Å². The zero-order chi connectivity index (χ0) is 16.3. The lowest BCUT2D eigenvalue weighted by molar-refractivity contribution is -0.384. The van der Waals surface area contributed by atoms with Crippen molar-refractivity contribution in [2.45, 2.75) is 13.3 Å². The van der Waals surface area contributed by atoms with Crippen LogP contribution in [-0.2, 0) is 9.53 Å². The van der Waals surface area contributed by atoms with Crippen molar-refractivity contribution >= 4 is 23.0 Å². The van der Waals surface area contributed by atoms with Crippen molar-refractivity contribution in [3.05, 3.63) is 34.4 Å². The predicted octanol–water partition coefficient (Wildman–Crippen LogP) is 1.07. The van der Waals surface area contributed by atoms with Gasteiger partial charge in [-0.05, 0) is 19.1 Å². The smallest absolute Gasteiger partial charge is 0.288 e. The van der Waals surface area contributed by atoms with Gasteiger partial charge in [-0.25, -0.2) is 5.01 Å². The summed E-state index contributed by atoms with van der Waals surface area (Å²) >= 11 is 0. The number of amides is 1. The fourth-order valence-corrected chi connectivity index (χ4v) is 1.95. The number of hydrazone groups is 1. The molecule has 0 saturated heterocycles. The maximum atomic E-state index is 11.9. The minimum atomic E-state index is -0.823. The van der Waals surface area contributed by atoms with E-state index < -0.39 is 17.2 Å². The van der Waals surface area contributed by atoms with Crippen molar-refractivity contribution in [1.82, 2.24) is 4.90 Å². The molecule has 1 aromatic carbocycles. The molecule has 9 heteroatoms. The number of carbonyl (C=O) groups excluding carboxylic acids is 1. The summed E-state index contributed by atoms with van der Waals surface area (Å²) in [6.07, 6.45) is -0.823. The first-order valence-corrected chi connectivity index (χ1v) is 6.40. The van der Waals surface area contributed by atoms with Crippen LogP contribution < -0.4 is 5.01 Å². The van der Waals surface area contributed by atoms with E-state index in [4.69, 9.17) is 10.00 Å². The van der Waals surface area contributed by atoms with Gasteiger partial charge in [0.1, 0.15) is 6.07 Å². The van der Waals surface area contributed by atoms with Gasteiger partial charge in [0.15, 0.2) is 0 Å². The van der Waals surface area contributed by atoms with Crippen molar-refractivity contribution < 1.29 is 14.5 Å². The van der Waals surface area contributed by atoms with E-state index in [9.17, 15) is 14.9 Å². The van der Waals surface area contributed by atoms with Crippen LogP contribution in [0.25, 0.3) is 0 Å². The van der Waals surface area contributed by atoms with Crippen LogP contribution in [0.15, 0.2) is 29.4 Å². The number of nitrogens with zero attached hydrogens (tertiary/aromatic N) is 5. The van der Waals surface area contributed by atoms with Gasteiger partial charge >= 0.3 is 0 Å². The molecule has 1 aliphatic heterocycles. The molecular weight excluding hydrogens is 290 g/mol. The van der Waals surface area contributed by atoms with Crippen LogP contribution in [0.4, 0.5) is 11.4 Å². The molecule has 9 nitrogen and oxygen atoms in total. The number of non-ortho nitro benzene ring substituents is 1. The number of nitro benzene ring substituents is 1. The van der Waals surface area contributed by atoms with Gasteiger partial charge in [0.2, 0.25) is 12.1 Å². The number of hydrogen-bond donors (Lipinski definition) is 0. The third-order valence-corrected chi connectivity index (χ3v) is 3.02. The molecule has 0 spiro atoms. The monoisotopic (exact) mass is 303 g/mol. The van der Waals surface area contributed by atoms with Crippen molar-refractivity contribution in [1.29, 1.82) is 5.26 Å². The van der Waals surface area contributed by atoms with E-state index in [2.05, 4.69) is 5.10 Å². The third-order valence-electron chi connectivity index (χ3n) is 3.02. The number of hydrogen-bond acceptors (Lipinski definition) is 7. The second-order valence-corrected chi connectivity index (χ2v) is 4.38. The second-order valence-electron chi connectivity index (χ2n) is 4.38. The maximum Gasteiger partial charge on any atom is 0.288 e. The van der Waals surface area contributed by atoms with Crippen LogP contribution in [0, 0.1) is 21.4 Å². The fraction of sp³-hybridized carbons (Fsp3) is 0.308. The Balaban J connectivity index is 2.44. The molecule has 2 rings (SSSR count). The highest BCUT2D eigenvalue weighted by Crippen LogP contribution is 2.25. The van der Waals surface area contributed by atoms with Crippen LogP contribution in [0.1, 0.15) is 6.92 Å². The average Bonchev–Trinajstić information content (AvgIpc) is 2.52. The van der Waals surface area contributed by atoms with E-state index in [0.29, 0.717) is 12.3 Å². The number of nitro groups is 1. The molecular formula is C13H13N5O4. The largest absolute Gasteiger partial charge is 0.339 e. The number of anilines is 1. The molecule has 22 heavy (non-hydrogen) atoms. The summed E-state index contributed by atoms with van der Waals surface area (Å²) in [5.74, 6) is -0.542. The molecule has 1 aromatic rings. The van der Waals surface area contributed by atoms with Crippen molar-refractivity contribution in [2.24, 2.45) is 5.10 Å². The van der Waals surface area contributed by atoms with Gasteiger partial charge in [0, 0.05) is 25.8 Å². The molecule has 1 atom stereocenters. The van der Waals surface area contributed by atoms with Crippen LogP contribution >= 0.6 is 0 Å². The molecule has 114 valence electrons. The lowest BCUT2D eigenvalue weighted by atomic mass is 10.2. The summed E-state index contributed by atoms with van der Waals surface area (Å²) in [5, 5.41) is 25.0. The Labute approximate surface area is 126 Å². The zero-order valence-corrected chi connectivity index (χ0v) is 12.0. The summed E-state index contributed by atoms with van der Waals surface area (Å²) in [6.45, 7) is 2.08. The molecule has 1 heterocycles. The van der Waals surface area contributed by atoms with Crippen molar-refractivity contribution in [2.75, 3.05) is 18.7 Å². The summed E-state index contributed by atoms with van der Waals surface area (Å²) in [6, 6.07) is 7.32. The molecule has 0 fully saturated rings. The lowest BCUT2D eigenvalue weighted by Gasteiger charge is -2.37. The van der Waals surface area contributed by atoms with E-state index in [1.165, 1.54) is 41.2 Å². The first kappa shape index (κ1) is 15.4. The first-order chi connectivity index (χ1) is 10.5. The van der Waals surface area contributed by atoms with E-state index in [-0.39, 0.29) is 11.4 Å². The number of nitriles is 1. The predicted molar refractivity (Wildman–Crippen MR) is 76.8 cm³/mol. The van der Waals surface area contributed by atoms with Gasteiger partial charge < -0.3 is 4.74 Å². The first-order valence-electron chi connectivity index (χ1n) is 6.40. The van der Waals surface area contributed by atoms with Crippen LogP contribution in [0.5, 0.6) is 0 Å². The van der Waals surface area contributed by atoms with Gasteiger partial charge in [-0.2, -0.15) is 10.4 Å². The number of rotatable bonds is 4. The third kappa shape index (κ3) is 2.72. The van der Waals surface area contributed by atoms with Crippen LogP contribution in [-0.4, -0.2) is 41.4 Å². The number of benzene rings is 1. The van der Waals surface area contributed by atoms with E-state index >= 15 is 0 Å². The van der Waals surface area contributed by atoms with E-state index in [1.54, 1.807) is 13.0 Å². The highest BCUT2D eigenvalue weighted by molar-refractivity contribution is 6.45. The molecule has 1 aliphatic rings. The topological polar surface area (TPSA) is 112 Å². The van der Waals surface area contributed by atoms with Crippen molar-refractivity contribution in [3.8, 4) is 6.07 Å². The van der Waals surface area contributed by atoms with Gasteiger partial charge in [-0.1, -0.05) is 0 Å². The second kappa shape index (κ2) is 6.19. The lowest BCUT2D eigenvalue weighted by Crippen LogP contribution is -2.55.